The van der Waals surface area contributed by atoms with Gasteiger partial charge in [0.2, 0.25) is 0 Å². The molecule has 1 heterocycles. The molecule has 1 unspecified atom stereocenters. The molecule has 0 saturated carbocycles. The van der Waals surface area contributed by atoms with Gasteiger partial charge < -0.3 is 9.88 Å². The summed E-state index contributed by atoms with van der Waals surface area (Å²) in [5.74, 6) is 0.168. The summed E-state index contributed by atoms with van der Waals surface area (Å²) in [6.45, 7) is 4.83. The van der Waals surface area contributed by atoms with E-state index in [0.29, 0.717) is 23.6 Å². The van der Waals surface area contributed by atoms with Crippen molar-refractivity contribution in [3.8, 4) is 6.07 Å². The third-order valence-electron chi connectivity index (χ3n) is 3.65. The van der Waals surface area contributed by atoms with Gasteiger partial charge in [-0.05, 0) is 48.4 Å². The normalized spacial score (nSPS) is 12.4. The van der Waals surface area contributed by atoms with Gasteiger partial charge in [0, 0.05) is 25.0 Å². The molecule has 0 aliphatic heterocycles. The predicted octanol–water partition coefficient (Wildman–Crippen LogP) is 3.46. The van der Waals surface area contributed by atoms with Gasteiger partial charge in [0.15, 0.2) is 0 Å². The summed E-state index contributed by atoms with van der Waals surface area (Å²) < 4.78 is 15.3. The Kier molecular flexibility index (Phi) is 4.77. The minimum Gasteiger partial charge on any atom is -0.350 e. The highest BCUT2D eigenvalue weighted by Crippen LogP contribution is 2.22. The van der Waals surface area contributed by atoms with Crippen molar-refractivity contribution in [1.82, 2.24) is 9.88 Å². The molecule has 21 heavy (non-hydrogen) atoms. The summed E-state index contributed by atoms with van der Waals surface area (Å²) in [6.07, 6.45) is 4.02. The van der Waals surface area contributed by atoms with Crippen LogP contribution in [-0.2, 0) is 6.54 Å². The first-order chi connectivity index (χ1) is 10.0. The van der Waals surface area contributed by atoms with Crippen molar-refractivity contribution >= 4 is 0 Å². The van der Waals surface area contributed by atoms with Crippen molar-refractivity contribution in [3.63, 3.8) is 0 Å². The van der Waals surface area contributed by atoms with Gasteiger partial charge in [0.1, 0.15) is 5.82 Å². The summed E-state index contributed by atoms with van der Waals surface area (Å²) in [5.41, 5.74) is 2.41. The van der Waals surface area contributed by atoms with Gasteiger partial charge in [0.25, 0.3) is 0 Å². The fraction of sp³-hybridized carbons (Fsp3) is 0.353. The maximum Gasteiger partial charge on any atom is 0.123 e. The van der Waals surface area contributed by atoms with Crippen molar-refractivity contribution in [2.24, 2.45) is 5.92 Å². The second-order valence-electron chi connectivity index (χ2n) is 5.54. The molecule has 0 bridgehead atoms. The average Bonchev–Trinajstić information content (AvgIpc) is 2.87. The van der Waals surface area contributed by atoms with Crippen LogP contribution in [0.25, 0.3) is 0 Å². The minimum absolute atomic E-state index is 0.286. The van der Waals surface area contributed by atoms with Crippen molar-refractivity contribution in [1.29, 1.82) is 5.26 Å². The summed E-state index contributed by atoms with van der Waals surface area (Å²) in [4.78, 5) is 0. The average molecular weight is 285 g/mol. The highest BCUT2D eigenvalue weighted by Gasteiger charge is 2.14. The third-order valence-corrected chi connectivity index (χ3v) is 3.65. The molecule has 0 aliphatic carbocycles. The third kappa shape index (κ3) is 3.50. The monoisotopic (exact) mass is 285 g/mol. The fourth-order valence-electron chi connectivity index (χ4n) is 2.63. The molecule has 110 valence electrons. The second-order valence-corrected chi connectivity index (χ2v) is 5.54. The second kappa shape index (κ2) is 6.55. The molecular formula is C17H20FN3. The summed E-state index contributed by atoms with van der Waals surface area (Å²) >= 11 is 0. The standard InChI is InChI=1S/C17H20FN3/c1-12(2)17(20-3)14-6-7-21(10-14)11-15-8-16(18)5-4-13(15)9-19/h4-8,10,12,17,20H,11H2,1-3H3. The number of nitrogens with zero attached hydrogens (tertiary/aromatic N) is 2. The molecule has 4 heteroatoms. The molecule has 0 fully saturated rings. The van der Waals surface area contributed by atoms with Gasteiger partial charge in [-0.1, -0.05) is 13.8 Å². The Labute approximate surface area is 125 Å². The van der Waals surface area contributed by atoms with Crippen LogP contribution in [0.3, 0.4) is 0 Å². The molecule has 1 aromatic carbocycles. The lowest BCUT2D eigenvalue weighted by Gasteiger charge is -2.18. The smallest absolute Gasteiger partial charge is 0.123 e. The SMILES string of the molecule is CNC(c1ccn(Cc2cc(F)ccc2C#N)c1)C(C)C. The van der Waals surface area contributed by atoms with Crippen LogP contribution >= 0.6 is 0 Å². The Morgan fingerprint density at radius 2 is 2.10 bits per heavy atom. The van der Waals surface area contributed by atoms with Crippen LogP contribution < -0.4 is 5.32 Å². The Morgan fingerprint density at radius 3 is 2.71 bits per heavy atom. The molecule has 3 nitrogen and oxygen atoms in total. The van der Waals surface area contributed by atoms with Crippen molar-refractivity contribution in [3.05, 3.63) is 59.2 Å². The first-order valence-electron chi connectivity index (χ1n) is 7.06. The number of hydrogen-bond acceptors (Lipinski definition) is 2. The highest BCUT2D eigenvalue weighted by molar-refractivity contribution is 5.38. The Hall–Kier alpha value is -2.12. The van der Waals surface area contributed by atoms with Crippen LogP contribution in [-0.4, -0.2) is 11.6 Å². The zero-order valence-corrected chi connectivity index (χ0v) is 12.6. The number of hydrogen-bond donors (Lipinski definition) is 1. The molecule has 0 aliphatic rings. The molecule has 2 aromatic rings. The quantitative estimate of drug-likeness (QED) is 0.914. The molecule has 0 saturated heterocycles. The number of nitrogens with one attached hydrogen (secondary N) is 1. The van der Waals surface area contributed by atoms with E-state index in [-0.39, 0.29) is 11.9 Å². The highest BCUT2D eigenvalue weighted by atomic mass is 19.1. The Morgan fingerprint density at radius 1 is 1.33 bits per heavy atom. The van der Waals surface area contributed by atoms with E-state index in [4.69, 9.17) is 5.26 Å². The van der Waals surface area contributed by atoms with E-state index in [1.165, 1.54) is 23.8 Å². The van der Waals surface area contributed by atoms with Gasteiger partial charge in [-0.25, -0.2) is 4.39 Å². The fourth-order valence-corrected chi connectivity index (χ4v) is 2.63. The van der Waals surface area contributed by atoms with E-state index in [2.05, 4.69) is 31.3 Å². The van der Waals surface area contributed by atoms with Crippen molar-refractivity contribution < 1.29 is 4.39 Å². The molecular weight excluding hydrogens is 265 g/mol. The van der Waals surface area contributed by atoms with Gasteiger partial charge in [-0.3, -0.25) is 0 Å². The number of benzene rings is 1. The van der Waals surface area contributed by atoms with E-state index in [0.717, 1.165) is 0 Å². The van der Waals surface area contributed by atoms with E-state index in [1.807, 2.05) is 24.0 Å². The zero-order chi connectivity index (χ0) is 15.4. The first kappa shape index (κ1) is 15.3. The number of aromatic nitrogens is 1. The molecule has 2 rings (SSSR count). The van der Waals surface area contributed by atoms with Crippen LogP contribution in [0.1, 0.15) is 36.6 Å². The summed E-state index contributed by atoms with van der Waals surface area (Å²) in [7, 11) is 1.95. The largest absolute Gasteiger partial charge is 0.350 e. The van der Waals surface area contributed by atoms with Crippen molar-refractivity contribution in [2.45, 2.75) is 26.4 Å². The molecule has 1 aromatic heterocycles. The number of nitriles is 1. The zero-order valence-electron chi connectivity index (χ0n) is 12.6. The van der Waals surface area contributed by atoms with E-state index < -0.39 is 0 Å². The molecule has 0 amide bonds. The Bertz CT molecular complexity index is 652. The van der Waals surface area contributed by atoms with Crippen LogP contribution in [0.5, 0.6) is 0 Å². The first-order valence-corrected chi connectivity index (χ1v) is 7.06. The molecule has 0 radical (unpaired) electrons. The Balaban J connectivity index is 2.24. The lowest BCUT2D eigenvalue weighted by molar-refractivity contribution is 0.443. The summed E-state index contributed by atoms with van der Waals surface area (Å²) in [6, 6.07) is 8.73. The van der Waals surface area contributed by atoms with Gasteiger partial charge in [0.05, 0.1) is 11.6 Å². The van der Waals surface area contributed by atoms with E-state index >= 15 is 0 Å². The van der Waals surface area contributed by atoms with Crippen LogP contribution in [0.15, 0.2) is 36.7 Å². The van der Waals surface area contributed by atoms with Crippen LogP contribution in [0, 0.1) is 23.1 Å². The molecule has 1 atom stereocenters. The maximum absolute atomic E-state index is 13.4. The van der Waals surface area contributed by atoms with Crippen LogP contribution in [0.2, 0.25) is 0 Å². The lowest BCUT2D eigenvalue weighted by Crippen LogP contribution is -2.21. The lowest BCUT2D eigenvalue weighted by atomic mass is 9.99. The topological polar surface area (TPSA) is 40.8 Å². The number of halogens is 1. The van der Waals surface area contributed by atoms with Gasteiger partial charge in [-0.15, -0.1) is 0 Å². The van der Waals surface area contributed by atoms with Gasteiger partial charge in [-0.2, -0.15) is 5.26 Å². The minimum atomic E-state index is -0.313. The van der Waals surface area contributed by atoms with Gasteiger partial charge >= 0.3 is 0 Å². The molecule has 1 N–H and O–H groups in total. The van der Waals surface area contributed by atoms with E-state index in [1.54, 1.807) is 0 Å². The molecule has 0 spiro atoms. The van der Waals surface area contributed by atoms with E-state index in [9.17, 15) is 4.39 Å². The van der Waals surface area contributed by atoms with Crippen molar-refractivity contribution in [2.75, 3.05) is 7.05 Å². The summed E-state index contributed by atoms with van der Waals surface area (Å²) in [5, 5.41) is 12.4. The maximum atomic E-state index is 13.4. The van der Waals surface area contributed by atoms with Crippen LogP contribution in [0.4, 0.5) is 4.39 Å². The number of rotatable bonds is 5. The predicted molar refractivity (Wildman–Crippen MR) is 81.3 cm³/mol.